The number of carbonyl (C=O) groups excluding carboxylic acids is 1. The number of aliphatic carboxylic acids is 1. The van der Waals surface area contributed by atoms with Crippen molar-refractivity contribution in [2.75, 3.05) is 12.8 Å². The minimum atomic E-state index is -3.52. The second kappa shape index (κ2) is 8.30. The molecule has 144 valence electrons. The number of nitrogens with zero attached hydrogens (tertiary/aromatic N) is 1. The number of carboxylic acid groups (broad SMARTS) is 1. The molecule has 0 bridgehead atoms. The molecule has 0 aliphatic rings. The van der Waals surface area contributed by atoms with Crippen molar-refractivity contribution >= 4 is 21.7 Å². The Hall–Kier alpha value is -2.74. The molecule has 1 amide bonds. The van der Waals surface area contributed by atoms with Gasteiger partial charge in [0.2, 0.25) is 0 Å². The number of halogens is 1. The largest absolute Gasteiger partial charge is 0.480 e. The van der Waals surface area contributed by atoms with Gasteiger partial charge >= 0.3 is 5.97 Å². The summed E-state index contributed by atoms with van der Waals surface area (Å²) in [5.74, 6) is -2.24. The maximum absolute atomic E-state index is 13.1. The first-order chi connectivity index (χ1) is 12.6. The summed E-state index contributed by atoms with van der Waals surface area (Å²) in [4.78, 5) is 25.3. The third kappa shape index (κ3) is 5.37. The average molecular weight is 393 g/mol. The maximum Gasteiger partial charge on any atom is 0.323 e. The number of carboxylic acids is 1. The van der Waals surface area contributed by atoms with Crippen LogP contribution in [-0.4, -0.2) is 43.1 Å². The van der Waals surface area contributed by atoms with Gasteiger partial charge in [-0.2, -0.15) is 0 Å². The number of carbonyl (C=O) groups is 2. The van der Waals surface area contributed by atoms with E-state index < -0.39 is 34.1 Å². The van der Waals surface area contributed by atoms with E-state index in [9.17, 15) is 22.4 Å². The summed E-state index contributed by atoms with van der Waals surface area (Å²) in [6.07, 6.45) is 1.51. The highest BCUT2D eigenvalue weighted by Crippen LogP contribution is 2.20. The van der Waals surface area contributed by atoms with E-state index in [-0.39, 0.29) is 17.0 Å². The van der Waals surface area contributed by atoms with Crippen LogP contribution in [0.25, 0.3) is 0 Å². The normalized spacial score (nSPS) is 11.2. The van der Waals surface area contributed by atoms with Gasteiger partial charge in [0.05, 0.1) is 4.90 Å². The summed E-state index contributed by atoms with van der Waals surface area (Å²) < 4.78 is 36.7. The number of sulfone groups is 1. The van der Waals surface area contributed by atoms with E-state index in [1.54, 1.807) is 6.07 Å². The number of aryl methyl sites for hydroxylation is 1. The van der Waals surface area contributed by atoms with Gasteiger partial charge in [0, 0.05) is 18.4 Å². The van der Waals surface area contributed by atoms with Gasteiger partial charge in [0.15, 0.2) is 9.84 Å². The van der Waals surface area contributed by atoms with Gasteiger partial charge in [-0.25, -0.2) is 12.8 Å². The first-order valence-corrected chi connectivity index (χ1v) is 10.1. The molecule has 2 aromatic carbocycles. The van der Waals surface area contributed by atoms with Gasteiger partial charge in [-0.05, 0) is 41.8 Å². The molecule has 0 radical (unpaired) electrons. The van der Waals surface area contributed by atoms with Crippen LogP contribution in [0.4, 0.5) is 4.39 Å². The Kier molecular flexibility index (Phi) is 6.32. The molecule has 0 heterocycles. The zero-order valence-electron chi connectivity index (χ0n) is 15.0. The second-order valence-electron chi connectivity index (χ2n) is 6.13. The Morgan fingerprint density at radius 2 is 1.74 bits per heavy atom. The van der Waals surface area contributed by atoms with Gasteiger partial charge < -0.3 is 10.0 Å². The molecule has 0 aliphatic heterocycles. The molecule has 0 spiro atoms. The minimum absolute atomic E-state index is 0.0138. The van der Waals surface area contributed by atoms with Crippen LogP contribution in [0.2, 0.25) is 0 Å². The molecule has 0 aliphatic carbocycles. The standard InChI is InChI=1S/C19H20FNO5S/c1-3-14-6-9-16(27(2,25)26)10-17(14)19(24)21(12-18(22)23)11-13-4-7-15(20)8-5-13/h4-10H,3,11-12H2,1-2H3,(H,22,23). The van der Waals surface area contributed by atoms with Crippen LogP contribution in [0.15, 0.2) is 47.4 Å². The molecule has 0 saturated carbocycles. The number of benzene rings is 2. The molecule has 0 unspecified atom stereocenters. The van der Waals surface area contributed by atoms with Crippen molar-refractivity contribution < 1.29 is 27.5 Å². The zero-order chi connectivity index (χ0) is 20.2. The fraction of sp³-hybridized carbons (Fsp3) is 0.263. The van der Waals surface area contributed by atoms with Gasteiger partial charge in [0.25, 0.3) is 5.91 Å². The predicted molar refractivity (Wildman–Crippen MR) is 97.7 cm³/mol. The highest BCUT2D eigenvalue weighted by atomic mass is 32.2. The number of hydrogen-bond donors (Lipinski definition) is 1. The quantitative estimate of drug-likeness (QED) is 0.780. The SMILES string of the molecule is CCc1ccc(S(C)(=O)=O)cc1C(=O)N(CC(=O)O)Cc1ccc(F)cc1. The minimum Gasteiger partial charge on any atom is -0.480 e. The monoisotopic (exact) mass is 393 g/mol. The van der Waals surface area contributed by atoms with E-state index in [1.807, 2.05) is 6.92 Å². The first-order valence-electron chi connectivity index (χ1n) is 8.20. The number of amides is 1. The van der Waals surface area contributed by atoms with E-state index in [2.05, 4.69) is 0 Å². The first kappa shape index (κ1) is 20.6. The summed E-state index contributed by atoms with van der Waals surface area (Å²) in [5.41, 5.74) is 1.31. The molecular weight excluding hydrogens is 373 g/mol. The third-order valence-corrected chi connectivity index (χ3v) is 5.13. The van der Waals surface area contributed by atoms with Crippen LogP contribution in [0.3, 0.4) is 0 Å². The third-order valence-electron chi connectivity index (χ3n) is 4.02. The van der Waals surface area contributed by atoms with E-state index in [4.69, 9.17) is 5.11 Å². The smallest absolute Gasteiger partial charge is 0.323 e. The van der Waals surface area contributed by atoms with Crippen LogP contribution in [0, 0.1) is 5.82 Å². The molecule has 0 fully saturated rings. The lowest BCUT2D eigenvalue weighted by Gasteiger charge is -2.22. The van der Waals surface area contributed by atoms with Gasteiger partial charge in [-0.1, -0.05) is 25.1 Å². The van der Waals surface area contributed by atoms with Crippen molar-refractivity contribution in [2.45, 2.75) is 24.8 Å². The molecule has 2 aromatic rings. The summed E-state index contributed by atoms with van der Waals surface area (Å²) in [6.45, 7) is 1.20. The van der Waals surface area contributed by atoms with Crippen LogP contribution < -0.4 is 0 Å². The Balaban J connectivity index is 2.44. The Morgan fingerprint density at radius 1 is 1.11 bits per heavy atom. The highest BCUT2D eigenvalue weighted by molar-refractivity contribution is 7.90. The second-order valence-corrected chi connectivity index (χ2v) is 8.14. The predicted octanol–water partition coefficient (Wildman–Crippen LogP) is 2.52. The molecule has 2 rings (SSSR count). The number of hydrogen-bond acceptors (Lipinski definition) is 4. The lowest BCUT2D eigenvalue weighted by Crippen LogP contribution is -2.35. The molecule has 0 aromatic heterocycles. The van der Waals surface area contributed by atoms with Crippen molar-refractivity contribution in [1.82, 2.24) is 4.90 Å². The fourth-order valence-corrected chi connectivity index (χ4v) is 3.28. The lowest BCUT2D eigenvalue weighted by atomic mass is 10.0. The van der Waals surface area contributed by atoms with Gasteiger partial charge in [0.1, 0.15) is 12.4 Å². The lowest BCUT2D eigenvalue weighted by molar-refractivity contribution is -0.137. The van der Waals surface area contributed by atoms with Gasteiger partial charge in [-0.3, -0.25) is 9.59 Å². The topological polar surface area (TPSA) is 91.8 Å². The molecule has 1 N–H and O–H groups in total. The molecule has 8 heteroatoms. The van der Waals surface area contributed by atoms with Crippen molar-refractivity contribution in [2.24, 2.45) is 0 Å². The Bertz CT molecular complexity index is 955. The molecule has 0 saturated heterocycles. The molecule has 0 atom stereocenters. The van der Waals surface area contributed by atoms with Crippen molar-refractivity contribution in [3.05, 3.63) is 65.0 Å². The van der Waals surface area contributed by atoms with E-state index in [0.717, 1.165) is 11.2 Å². The van der Waals surface area contributed by atoms with E-state index in [1.165, 1.54) is 36.4 Å². The summed E-state index contributed by atoms with van der Waals surface area (Å²) >= 11 is 0. The molecule has 27 heavy (non-hydrogen) atoms. The van der Waals surface area contributed by atoms with Crippen LogP contribution in [-0.2, 0) is 27.6 Å². The fourth-order valence-electron chi connectivity index (χ4n) is 2.64. The summed E-state index contributed by atoms with van der Waals surface area (Å²) in [6, 6.07) is 9.63. The number of rotatable bonds is 7. The van der Waals surface area contributed by atoms with Gasteiger partial charge in [-0.15, -0.1) is 0 Å². The van der Waals surface area contributed by atoms with E-state index in [0.29, 0.717) is 17.5 Å². The molecular formula is C19H20FNO5S. The summed E-state index contributed by atoms with van der Waals surface area (Å²) in [7, 11) is -3.52. The zero-order valence-corrected chi connectivity index (χ0v) is 15.8. The van der Waals surface area contributed by atoms with E-state index >= 15 is 0 Å². The molecule has 6 nitrogen and oxygen atoms in total. The van der Waals surface area contributed by atoms with Crippen molar-refractivity contribution in [1.29, 1.82) is 0 Å². The summed E-state index contributed by atoms with van der Waals surface area (Å²) in [5, 5.41) is 9.16. The maximum atomic E-state index is 13.1. The highest BCUT2D eigenvalue weighted by Gasteiger charge is 2.23. The Morgan fingerprint density at radius 3 is 2.26 bits per heavy atom. The van der Waals surface area contributed by atoms with Crippen molar-refractivity contribution in [3.63, 3.8) is 0 Å². The van der Waals surface area contributed by atoms with Crippen LogP contribution in [0.1, 0.15) is 28.4 Å². The van der Waals surface area contributed by atoms with Crippen LogP contribution >= 0.6 is 0 Å². The van der Waals surface area contributed by atoms with Crippen LogP contribution in [0.5, 0.6) is 0 Å². The average Bonchev–Trinajstić information content (AvgIpc) is 2.60. The Labute approximate surface area is 157 Å². The van der Waals surface area contributed by atoms with Crippen molar-refractivity contribution in [3.8, 4) is 0 Å².